The van der Waals surface area contributed by atoms with E-state index in [1.807, 2.05) is 68.1 Å². The van der Waals surface area contributed by atoms with Crippen molar-refractivity contribution >= 4 is 11.9 Å². The fraction of sp³-hybridized carbons (Fsp3) is 0.440. The standard InChI is InChI=1S/C25H29NO3/c1-25(2,3)29-24(28)26-21-12-13-22(26)16-20(15-21)23(27)19-11-7-10-18(14-19)17-8-5-4-6-9-17/h4-11,14,20-22H,12-13,15-16H2,1-3H3. The molecule has 2 saturated heterocycles. The summed E-state index contributed by atoms with van der Waals surface area (Å²) < 4.78 is 5.61. The summed E-state index contributed by atoms with van der Waals surface area (Å²) in [6.07, 6.45) is 3.13. The number of carbonyl (C=O) groups is 2. The average Bonchev–Trinajstić information content (AvgIpc) is 2.97. The van der Waals surface area contributed by atoms with Gasteiger partial charge in [-0.25, -0.2) is 4.79 Å². The number of rotatable bonds is 3. The maximum absolute atomic E-state index is 13.3. The van der Waals surface area contributed by atoms with Crippen molar-refractivity contribution in [3.05, 3.63) is 60.2 Å². The van der Waals surface area contributed by atoms with E-state index in [-0.39, 0.29) is 29.9 Å². The minimum Gasteiger partial charge on any atom is -0.444 e. The van der Waals surface area contributed by atoms with E-state index < -0.39 is 5.60 Å². The summed E-state index contributed by atoms with van der Waals surface area (Å²) >= 11 is 0. The molecule has 29 heavy (non-hydrogen) atoms. The normalized spacial score (nSPS) is 23.7. The van der Waals surface area contributed by atoms with E-state index in [2.05, 4.69) is 12.1 Å². The Hall–Kier alpha value is -2.62. The SMILES string of the molecule is CC(C)(C)OC(=O)N1C2CCC1CC(C(=O)c1cccc(-c3ccccc3)c1)C2. The minimum absolute atomic E-state index is 0.0304. The Morgan fingerprint density at radius 1 is 0.897 bits per heavy atom. The fourth-order valence-electron chi connectivity index (χ4n) is 4.72. The number of ketones is 1. The first-order valence-corrected chi connectivity index (χ1v) is 10.5. The largest absolute Gasteiger partial charge is 0.444 e. The molecule has 4 heteroatoms. The second kappa shape index (κ2) is 7.66. The predicted molar refractivity (Wildman–Crippen MR) is 114 cm³/mol. The molecule has 2 fully saturated rings. The molecule has 152 valence electrons. The zero-order valence-electron chi connectivity index (χ0n) is 17.4. The molecule has 0 N–H and O–H groups in total. The molecule has 2 heterocycles. The van der Waals surface area contributed by atoms with Crippen molar-refractivity contribution in [3.63, 3.8) is 0 Å². The van der Waals surface area contributed by atoms with E-state index in [1.165, 1.54) is 0 Å². The van der Waals surface area contributed by atoms with Crippen LogP contribution in [0.5, 0.6) is 0 Å². The van der Waals surface area contributed by atoms with Gasteiger partial charge >= 0.3 is 6.09 Å². The molecule has 2 bridgehead atoms. The van der Waals surface area contributed by atoms with Crippen LogP contribution >= 0.6 is 0 Å². The van der Waals surface area contributed by atoms with E-state index in [1.54, 1.807) is 0 Å². The van der Waals surface area contributed by atoms with Crippen molar-refractivity contribution < 1.29 is 14.3 Å². The van der Waals surface area contributed by atoms with Crippen molar-refractivity contribution in [2.75, 3.05) is 0 Å². The van der Waals surface area contributed by atoms with Crippen LogP contribution in [0.3, 0.4) is 0 Å². The summed E-state index contributed by atoms with van der Waals surface area (Å²) in [5, 5.41) is 0. The van der Waals surface area contributed by atoms with Crippen LogP contribution in [0.4, 0.5) is 4.79 Å². The number of benzene rings is 2. The summed E-state index contributed by atoms with van der Waals surface area (Å²) in [4.78, 5) is 27.8. The summed E-state index contributed by atoms with van der Waals surface area (Å²) in [5.41, 5.74) is 2.44. The highest BCUT2D eigenvalue weighted by atomic mass is 16.6. The Balaban J connectivity index is 1.49. The highest BCUT2D eigenvalue weighted by Gasteiger charge is 2.46. The first-order chi connectivity index (χ1) is 13.8. The summed E-state index contributed by atoms with van der Waals surface area (Å²) in [7, 11) is 0. The zero-order valence-corrected chi connectivity index (χ0v) is 17.4. The summed E-state index contributed by atoms with van der Waals surface area (Å²) in [5.74, 6) is 0.167. The van der Waals surface area contributed by atoms with E-state index in [4.69, 9.17) is 4.74 Å². The fourth-order valence-corrected chi connectivity index (χ4v) is 4.72. The molecule has 2 aliphatic rings. The number of hydrogen-bond acceptors (Lipinski definition) is 3. The molecule has 0 spiro atoms. The van der Waals surface area contributed by atoms with Gasteiger partial charge in [-0.05, 0) is 63.6 Å². The van der Waals surface area contributed by atoms with Gasteiger partial charge in [0.2, 0.25) is 0 Å². The highest BCUT2D eigenvalue weighted by molar-refractivity contribution is 5.99. The van der Waals surface area contributed by atoms with Crippen LogP contribution in [0.25, 0.3) is 11.1 Å². The van der Waals surface area contributed by atoms with Gasteiger partial charge in [0.1, 0.15) is 5.60 Å². The van der Waals surface area contributed by atoms with Gasteiger partial charge in [0.25, 0.3) is 0 Å². The maximum atomic E-state index is 13.3. The van der Waals surface area contributed by atoms with Crippen LogP contribution in [0.15, 0.2) is 54.6 Å². The van der Waals surface area contributed by atoms with Crippen molar-refractivity contribution in [2.45, 2.75) is 64.1 Å². The summed E-state index contributed by atoms with van der Waals surface area (Å²) in [6, 6.07) is 18.3. The average molecular weight is 392 g/mol. The van der Waals surface area contributed by atoms with Gasteiger partial charge in [-0.2, -0.15) is 0 Å². The van der Waals surface area contributed by atoms with Crippen molar-refractivity contribution in [1.29, 1.82) is 0 Å². The van der Waals surface area contributed by atoms with Gasteiger partial charge in [-0.1, -0.05) is 48.5 Å². The molecule has 1 amide bonds. The molecule has 2 aromatic carbocycles. The minimum atomic E-state index is -0.499. The molecule has 4 nitrogen and oxygen atoms in total. The molecular formula is C25H29NO3. The van der Waals surface area contributed by atoms with Gasteiger partial charge in [0, 0.05) is 23.6 Å². The molecule has 4 rings (SSSR count). The second-order valence-electron chi connectivity index (χ2n) is 9.25. The van der Waals surface area contributed by atoms with E-state index in [0.29, 0.717) is 0 Å². The predicted octanol–water partition coefficient (Wildman–Crippen LogP) is 5.71. The quantitative estimate of drug-likeness (QED) is 0.629. The molecule has 0 aliphatic carbocycles. The Morgan fingerprint density at radius 2 is 1.52 bits per heavy atom. The molecule has 0 saturated carbocycles. The van der Waals surface area contributed by atoms with E-state index >= 15 is 0 Å². The molecule has 2 aromatic rings. The number of ether oxygens (including phenoxy) is 1. The van der Waals surface area contributed by atoms with Crippen LogP contribution in [-0.4, -0.2) is 34.5 Å². The molecule has 2 unspecified atom stereocenters. The Labute approximate surface area is 172 Å². The van der Waals surface area contributed by atoms with Gasteiger partial charge in [0.15, 0.2) is 5.78 Å². The summed E-state index contributed by atoms with van der Waals surface area (Å²) in [6.45, 7) is 5.68. The van der Waals surface area contributed by atoms with Crippen LogP contribution in [-0.2, 0) is 4.74 Å². The van der Waals surface area contributed by atoms with Gasteiger partial charge < -0.3 is 9.64 Å². The highest BCUT2D eigenvalue weighted by Crippen LogP contribution is 2.40. The lowest BCUT2D eigenvalue weighted by Gasteiger charge is -2.39. The third-order valence-corrected chi connectivity index (χ3v) is 5.96. The number of amides is 1. The Kier molecular flexibility index (Phi) is 5.20. The first kappa shape index (κ1) is 19.7. The van der Waals surface area contributed by atoms with Gasteiger partial charge in [-0.15, -0.1) is 0 Å². The van der Waals surface area contributed by atoms with Crippen LogP contribution < -0.4 is 0 Å². The first-order valence-electron chi connectivity index (χ1n) is 10.5. The van der Waals surface area contributed by atoms with E-state index in [0.717, 1.165) is 42.4 Å². The lowest BCUT2D eigenvalue weighted by Crippen LogP contribution is -2.49. The smallest absolute Gasteiger partial charge is 0.410 e. The number of nitrogens with zero attached hydrogens (tertiary/aromatic N) is 1. The van der Waals surface area contributed by atoms with Gasteiger partial charge in [0.05, 0.1) is 0 Å². The van der Waals surface area contributed by atoms with Crippen LogP contribution in [0.1, 0.15) is 56.8 Å². The zero-order chi connectivity index (χ0) is 20.6. The van der Waals surface area contributed by atoms with E-state index in [9.17, 15) is 9.59 Å². The second-order valence-corrected chi connectivity index (χ2v) is 9.25. The van der Waals surface area contributed by atoms with Gasteiger partial charge in [-0.3, -0.25) is 4.79 Å². The number of Topliss-reactive ketones (excluding diaryl/α,β-unsaturated/α-hetero) is 1. The number of fused-ring (bicyclic) bond motifs is 2. The number of hydrogen-bond donors (Lipinski definition) is 0. The lowest BCUT2D eigenvalue weighted by molar-refractivity contribution is 0.00254. The number of carbonyl (C=O) groups excluding carboxylic acids is 2. The Bertz CT molecular complexity index is 886. The third-order valence-electron chi connectivity index (χ3n) is 5.96. The van der Waals surface area contributed by atoms with Crippen LogP contribution in [0.2, 0.25) is 0 Å². The topological polar surface area (TPSA) is 46.6 Å². The third kappa shape index (κ3) is 4.21. The number of piperidine rings is 1. The Morgan fingerprint density at radius 3 is 2.14 bits per heavy atom. The molecule has 2 atom stereocenters. The van der Waals surface area contributed by atoms with Crippen molar-refractivity contribution in [2.24, 2.45) is 5.92 Å². The monoisotopic (exact) mass is 391 g/mol. The lowest BCUT2D eigenvalue weighted by atomic mass is 9.84. The molecular weight excluding hydrogens is 362 g/mol. The molecule has 0 radical (unpaired) electrons. The van der Waals surface area contributed by atoms with Crippen molar-refractivity contribution in [1.82, 2.24) is 4.90 Å². The van der Waals surface area contributed by atoms with Crippen LogP contribution in [0, 0.1) is 5.92 Å². The maximum Gasteiger partial charge on any atom is 0.410 e. The molecule has 2 aliphatic heterocycles. The van der Waals surface area contributed by atoms with Crippen molar-refractivity contribution in [3.8, 4) is 11.1 Å². The molecule has 0 aromatic heterocycles.